The minimum atomic E-state index is -1.57. The number of aliphatic hydroxyl groups is 1. The van der Waals surface area contributed by atoms with E-state index in [0.29, 0.717) is 12.3 Å². The van der Waals surface area contributed by atoms with Crippen molar-refractivity contribution < 1.29 is 38.5 Å². The Morgan fingerprint density at radius 2 is 1.84 bits per heavy atom. The molecule has 5 aliphatic carbocycles. The summed E-state index contributed by atoms with van der Waals surface area (Å²) in [4.78, 5) is 52.2. The Labute approximate surface area is 256 Å². The van der Waals surface area contributed by atoms with E-state index in [2.05, 4.69) is 6.92 Å². The predicted molar refractivity (Wildman–Crippen MR) is 160 cm³/mol. The van der Waals surface area contributed by atoms with Gasteiger partial charge in [0.05, 0.1) is 12.7 Å². The number of aliphatic hydroxyl groups excluding tert-OH is 1. The van der Waals surface area contributed by atoms with Gasteiger partial charge in [-0.2, -0.15) is 0 Å². The van der Waals surface area contributed by atoms with Crippen LogP contribution < -0.4 is 0 Å². The number of carbonyl (C=O) groups is 4. The van der Waals surface area contributed by atoms with Crippen molar-refractivity contribution in [1.82, 2.24) is 0 Å². The Morgan fingerprint density at radius 3 is 2.56 bits per heavy atom. The van der Waals surface area contributed by atoms with Crippen molar-refractivity contribution in [2.45, 2.75) is 116 Å². The van der Waals surface area contributed by atoms with Gasteiger partial charge in [-0.15, -0.1) is 0 Å². The van der Waals surface area contributed by atoms with Crippen molar-refractivity contribution in [2.24, 2.45) is 40.4 Å². The molecule has 2 unspecified atom stereocenters. The van der Waals surface area contributed by atoms with Crippen LogP contribution in [0.1, 0.15) is 105 Å². The molecule has 8 heteroatoms. The fourth-order valence-electron chi connectivity index (χ4n) is 9.45. The summed E-state index contributed by atoms with van der Waals surface area (Å²) >= 11 is 0. The molecule has 238 valence electrons. The molecule has 43 heavy (non-hydrogen) atoms. The molecule has 5 rings (SSSR count). The van der Waals surface area contributed by atoms with E-state index < -0.39 is 47.0 Å². The highest BCUT2D eigenvalue weighted by Gasteiger charge is 2.70. The average Bonchev–Trinajstić information content (AvgIpc) is 3.60. The molecule has 1 N–H and O–H groups in total. The number of ketones is 2. The van der Waals surface area contributed by atoms with E-state index in [1.54, 1.807) is 12.2 Å². The van der Waals surface area contributed by atoms with Crippen molar-refractivity contribution in [3.05, 3.63) is 23.8 Å². The first kappa shape index (κ1) is 31.9. The molecule has 4 fully saturated rings. The smallest absolute Gasteiger partial charge is 0.457 e. The van der Waals surface area contributed by atoms with E-state index in [1.165, 1.54) is 12.8 Å². The van der Waals surface area contributed by atoms with Crippen molar-refractivity contribution in [3.8, 4) is 0 Å². The number of allylic oxidation sites excluding steroid dienone is 4. The first-order chi connectivity index (χ1) is 20.4. The van der Waals surface area contributed by atoms with Gasteiger partial charge >= 0.3 is 12.1 Å². The SMILES string of the molecule is CCC(C)COC(=O)O[C@]1(C(=O)COC(=O)CCC2CCCC2)CC[C@H]2[C@@H]3CCC4=CC(=O)C=C[C@]4(C)[C@H]3C(O)C[C@@]21C. The van der Waals surface area contributed by atoms with Gasteiger partial charge in [-0.3, -0.25) is 14.4 Å². The van der Waals surface area contributed by atoms with E-state index in [0.717, 1.165) is 44.1 Å². The second-order valence-electron chi connectivity index (χ2n) is 14.5. The van der Waals surface area contributed by atoms with Gasteiger partial charge in [0.1, 0.15) is 0 Å². The molecule has 0 aromatic carbocycles. The van der Waals surface area contributed by atoms with Crippen LogP contribution in [-0.4, -0.2) is 53.7 Å². The number of ether oxygens (including phenoxy) is 3. The van der Waals surface area contributed by atoms with Crippen LogP contribution in [-0.2, 0) is 28.6 Å². The molecular formula is C35H50O8. The lowest BCUT2D eigenvalue weighted by atomic mass is 9.46. The van der Waals surface area contributed by atoms with Crippen LogP contribution in [0.5, 0.6) is 0 Å². The molecular weight excluding hydrogens is 548 g/mol. The van der Waals surface area contributed by atoms with Crippen molar-refractivity contribution >= 4 is 23.7 Å². The zero-order valence-corrected chi connectivity index (χ0v) is 26.4. The molecule has 0 aromatic rings. The molecule has 8 nitrogen and oxygen atoms in total. The van der Waals surface area contributed by atoms with Crippen LogP contribution in [0, 0.1) is 40.4 Å². The number of hydrogen-bond acceptors (Lipinski definition) is 8. The van der Waals surface area contributed by atoms with E-state index >= 15 is 0 Å². The Kier molecular flexibility index (Phi) is 9.27. The van der Waals surface area contributed by atoms with Gasteiger partial charge in [0.15, 0.2) is 18.0 Å². The lowest BCUT2D eigenvalue weighted by Gasteiger charge is -2.59. The first-order valence-electron chi connectivity index (χ1n) is 16.6. The molecule has 0 aliphatic heterocycles. The largest absolute Gasteiger partial charge is 0.509 e. The number of hydrogen-bond donors (Lipinski definition) is 1. The van der Waals surface area contributed by atoms with Gasteiger partial charge < -0.3 is 19.3 Å². The predicted octanol–water partition coefficient (Wildman–Crippen LogP) is 6.29. The summed E-state index contributed by atoms with van der Waals surface area (Å²) in [6.07, 6.45) is 12.8. The Hall–Kier alpha value is -2.48. The number of fused-ring (bicyclic) bond motifs is 5. The van der Waals surface area contributed by atoms with Crippen LogP contribution in [0.3, 0.4) is 0 Å². The summed E-state index contributed by atoms with van der Waals surface area (Å²) in [6.45, 7) is 7.76. The molecule has 0 aromatic heterocycles. The maximum Gasteiger partial charge on any atom is 0.509 e. The van der Waals surface area contributed by atoms with Crippen LogP contribution in [0.2, 0.25) is 0 Å². The number of rotatable bonds is 10. The summed E-state index contributed by atoms with van der Waals surface area (Å²) in [5.41, 5.74) is -1.84. The maximum absolute atomic E-state index is 14.2. The van der Waals surface area contributed by atoms with Gasteiger partial charge in [0.25, 0.3) is 0 Å². The monoisotopic (exact) mass is 598 g/mol. The third-order valence-corrected chi connectivity index (χ3v) is 12.1. The van der Waals surface area contributed by atoms with Crippen molar-refractivity contribution in [3.63, 3.8) is 0 Å². The van der Waals surface area contributed by atoms with Gasteiger partial charge in [-0.05, 0) is 74.3 Å². The van der Waals surface area contributed by atoms with Gasteiger partial charge in [-0.1, -0.05) is 71.4 Å². The Bertz CT molecular complexity index is 1170. The third-order valence-electron chi connectivity index (χ3n) is 12.1. The highest BCUT2D eigenvalue weighted by molar-refractivity contribution is 6.01. The summed E-state index contributed by atoms with van der Waals surface area (Å²) in [7, 11) is 0. The van der Waals surface area contributed by atoms with Gasteiger partial charge in [0, 0.05) is 23.2 Å². The summed E-state index contributed by atoms with van der Waals surface area (Å²) in [5, 5.41) is 11.8. The fourth-order valence-corrected chi connectivity index (χ4v) is 9.45. The van der Waals surface area contributed by atoms with Crippen molar-refractivity contribution in [1.29, 1.82) is 0 Å². The molecule has 0 saturated heterocycles. The molecule has 5 aliphatic rings. The van der Waals surface area contributed by atoms with Crippen LogP contribution in [0.15, 0.2) is 23.8 Å². The summed E-state index contributed by atoms with van der Waals surface area (Å²) in [5.74, 6) is -0.244. The molecule has 0 bridgehead atoms. The highest BCUT2D eigenvalue weighted by atomic mass is 16.7. The van der Waals surface area contributed by atoms with Gasteiger partial charge in [-0.25, -0.2) is 4.79 Å². The minimum Gasteiger partial charge on any atom is -0.457 e. The summed E-state index contributed by atoms with van der Waals surface area (Å²) < 4.78 is 17.1. The third kappa shape index (κ3) is 5.85. The molecule has 0 spiro atoms. The van der Waals surface area contributed by atoms with Crippen LogP contribution in [0.25, 0.3) is 0 Å². The molecule has 0 radical (unpaired) electrons. The normalized spacial score (nSPS) is 37.5. The van der Waals surface area contributed by atoms with Crippen LogP contribution in [0.4, 0.5) is 4.79 Å². The molecule has 4 saturated carbocycles. The zero-order chi connectivity index (χ0) is 31.0. The molecule has 0 amide bonds. The number of carbonyl (C=O) groups excluding carboxylic acids is 4. The second kappa shape index (κ2) is 12.5. The Morgan fingerprint density at radius 1 is 1.09 bits per heavy atom. The van der Waals surface area contributed by atoms with E-state index in [4.69, 9.17) is 14.2 Å². The standard InChI is InChI=1S/C35H50O8/c1-5-22(2)20-42-32(40)43-35(29(38)21-41-30(39)13-10-23-8-6-7-9-23)17-15-27-26-12-11-24-18-25(36)14-16-33(24,3)31(26)28(37)19-34(27,35)4/h14,16,18,22-23,26-28,31,37H,5-13,15,17,19-21H2,1-4H3/t22?,26-,27-,28?,31+,33-,34-,35-/m0/s1. The number of Topliss-reactive ketones (excluding diaryl/α,β-unsaturated/α-hetero) is 1. The molecule has 8 atom stereocenters. The lowest BCUT2D eigenvalue weighted by molar-refractivity contribution is -0.186. The fraction of sp³-hybridized carbons (Fsp3) is 0.771. The lowest BCUT2D eigenvalue weighted by Crippen LogP contribution is -2.63. The minimum absolute atomic E-state index is 0.00492. The van der Waals surface area contributed by atoms with E-state index in [9.17, 15) is 24.3 Å². The first-order valence-corrected chi connectivity index (χ1v) is 16.6. The van der Waals surface area contributed by atoms with Crippen molar-refractivity contribution in [2.75, 3.05) is 13.2 Å². The maximum atomic E-state index is 14.2. The van der Waals surface area contributed by atoms with Crippen LogP contribution >= 0.6 is 0 Å². The Balaban J connectivity index is 1.38. The average molecular weight is 599 g/mol. The number of esters is 1. The second-order valence-corrected chi connectivity index (χ2v) is 14.5. The van der Waals surface area contributed by atoms with E-state index in [1.807, 2.05) is 26.8 Å². The zero-order valence-electron chi connectivity index (χ0n) is 26.4. The van der Waals surface area contributed by atoms with Gasteiger partial charge in [0.2, 0.25) is 5.78 Å². The van der Waals surface area contributed by atoms with E-state index in [-0.39, 0.29) is 55.3 Å². The topological polar surface area (TPSA) is 116 Å². The highest BCUT2D eigenvalue weighted by Crippen LogP contribution is 2.68. The summed E-state index contributed by atoms with van der Waals surface area (Å²) in [6, 6.07) is 0. The quantitative estimate of drug-likeness (QED) is 0.292. The molecule has 0 heterocycles.